The molecule has 0 radical (unpaired) electrons. The number of aromatic nitrogens is 2. The summed E-state index contributed by atoms with van der Waals surface area (Å²) in [5, 5.41) is 10.7. The van der Waals surface area contributed by atoms with Crippen molar-refractivity contribution in [1.82, 2.24) is 14.9 Å². The lowest BCUT2D eigenvalue weighted by Gasteiger charge is -2.25. The highest BCUT2D eigenvalue weighted by Gasteiger charge is 2.29. The number of rotatable bonds is 5. The summed E-state index contributed by atoms with van der Waals surface area (Å²) in [6.45, 7) is 5.99. The fourth-order valence-corrected chi connectivity index (χ4v) is 3.55. The Labute approximate surface area is 157 Å². The summed E-state index contributed by atoms with van der Waals surface area (Å²) in [6.07, 6.45) is 3.19. The Hall–Kier alpha value is -3.15. The van der Waals surface area contributed by atoms with Gasteiger partial charge in [-0.05, 0) is 44.0 Å². The summed E-state index contributed by atoms with van der Waals surface area (Å²) in [7, 11) is 1.52. The number of hydrogen-bond donors (Lipinski definition) is 2. The van der Waals surface area contributed by atoms with E-state index in [2.05, 4.69) is 22.1 Å². The van der Waals surface area contributed by atoms with E-state index in [0.717, 1.165) is 33.3 Å². The number of nitrogens with one attached hydrogen (secondary N) is 1. The average molecular weight is 365 g/mol. The third-order valence-electron chi connectivity index (χ3n) is 4.91. The molecule has 0 bridgehead atoms. The molecule has 0 saturated carbocycles. The van der Waals surface area contributed by atoms with Crippen LogP contribution in [0, 0.1) is 20.8 Å². The van der Waals surface area contributed by atoms with Crippen LogP contribution in [0.1, 0.15) is 34.0 Å². The number of carboxylic acid groups (broad SMARTS) is 1. The number of aliphatic carboxylic acids is 1. The summed E-state index contributed by atoms with van der Waals surface area (Å²) in [5.41, 5.74) is 5.57. The zero-order valence-corrected chi connectivity index (χ0v) is 15.9. The number of hydrogen-bond acceptors (Lipinski definition) is 3. The van der Waals surface area contributed by atoms with Crippen LogP contribution in [-0.2, 0) is 16.0 Å². The van der Waals surface area contributed by atoms with Crippen molar-refractivity contribution in [2.75, 3.05) is 7.05 Å². The van der Waals surface area contributed by atoms with Crippen molar-refractivity contribution < 1.29 is 14.7 Å². The molecule has 0 aliphatic carbocycles. The smallest absolute Gasteiger partial charge is 0.331 e. The molecule has 6 heteroatoms. The van der Waals surface area contributed by atoms with Gasteiger partial charge in [0, 0.05) is 41.6 Å². The molecule has 1 amide bonds. The third kappa shape index (κ3) is 3.56. The number of H-pyrrole nitrogens is 1. The lowest BCUT2D eigenvalue weighted by Crippen LogP contribution is -2.36. The highest BCUT2D eigenvalue weighted by atomic mass is 16.4. The normalized spacial score (nSPS) is 12.1. The van der Waals surface area contributed by atoms with Gasteiger partial charge in [-0.25, -0.2) is 4.79 Å². The second-order valence-electron chi connectivity index (χ2n) is 6.94. The predicted molar refractivity (Wildman–Crippen MR) is 104 cm³/mol. The van der Waals surface area contributed by atoms with E-state index in [0.29, 0.717) is 5.56 Å². The fourth-order valence-electron chi connectivity index (χ4n) is 3.55. The summed E-state index contributed by atoms with van der Waals surface area (Å²) < 4.78 is 0. The molecular formula is C21H23N3O3. The van der Waals surface area contributed by atoms with Crippen molar-refractivity contribution in [2.24, 2.45) is 0 Å². The van der Waals surface area contributed by atoms with Crippen molar-refractivity contribution in [1.29, 1.82) is 0 Å². The number of fused-ring (bicyclic) bond motifs is 1. The van der Waals surface area contributed by atoms with Crippen molar-refractivity contribution in [3.8, 4) is 0 Å². The van der Waals surface area contributed by atoms with Gasteiger partial charge in [-0.1, -0.05) is 17.7 Å². The topological polar surface area (TPSA) is 86.3 Å². The molecule has 3 aromatic rings. The minimum atomic E-state index is -1.08. The molecular weight excluding hydrogens is 342 g/mol. The first-order valence-corrected chi connectivity index (χ1v) is 8.76. The van der Waals surface area contributed by atoms with E-state index in [9.17, 15) is 14.7 Å². The van der Waals surface area contributed by atoms with Crippen LogP contribution >= 0.6 is 0 Å². The molecule has 2 heterocycles. The summed E-state index contributed by atoms with van der Waals surface area (Å²) in [4.78, 5) is 33.3. The number of carbonyl (C=O) groups is 2. The van der Waals surface area contributed by atoms with E-state index in [-0.39, 0.29) is 12.3 Å². The minimum Gasteiger partial charge on any atom is -0.479 e. The molecule has 0 aliphatic heterocycles. The molecule has 2 aromatic heterocycles. The second-order valence-corrected chi connectivity index (χ2v) is 6.94. The predicted octanol–water partition coefficient (Wildman–Crippen LogP) is 3.31. The zero-order chi connectivity index (χ0) is 19.7. The standard InChI is InChI=1S/C21H23N3O3/c1-12-8-13(2)19-17(9-12)16(14(3)23-19)10-18(25)24(4)20(21(26)27)15-6-5-7-22-11-15/h5-9,11,20,23H,10H2,1-4H3,(H,26,27)/t20-/m0/s1. The van der Waals surface area contributed by atoms with Crippen LogP contribution in [0.2, 0.25) is 0 Å². The van der Waals surface area contributed by atoms with Crippen LogP contribution in [-0.4, -0.2) is 38.9 Å². The van der Waals surface area contributed by atoms with Gasteiger partial charge in [0.2, 0.25) is 5.91 Å². The fraction of sp³-hybridized carbons (Fsp3) is 0.286. The molecule has 1 atom stereocenters. The van der Waals surface area contributed by atoms with E-state index >= 15 is 0 Å². The molecule has 1 aromatic carbocycles. The Bertz CT molecular complexity index is 1010. The van der Waals surface area contributed by atoms with Crippen molar-refractivity contribution in [3.05, 3.63) is 64.6 Å². The third-order valence-corrected chi connectivity index (χ3v) is 4.91. The summed E-state index contributed by atoms with van der Waals surface area (Å²) in [6, 6.07) is 6.42. The Morgan fingerprint density at radius 3 is 2.63 bits per heavy atom. The highest BCUT2D eigenvalue weighted by molar-refractivity contribution is 5.93. The number of amides is 1. The molecule has 0 aliphatic rings. The van der Waals surface area contributed by atoms with E-state index in [1.165, 1.54) is 18.1 Å². The number of nitrogens with zero attached hydrogens (tertiary/aromatic N) is 2. The molecule has 0 unspecified atom stereocenters. The first kappa shape index (κ1) is 18.6. The molecule has 140 valence electrons. The lowest BCUT2D eigenvalue weighted by molar-refractivity contribution is -0.149. The van der Waals surface area contributed by atoms with Crippen LogP contribution in [0.4, 0.5) is 0 Å². The SMILES string of the molecule is Cc1cc(C)c2[nH]c(C)c(CC(=O)N(C)[C@H](C(=O)O)c3cccnc3)c2c1. The molecule has 6 nitrogen and oxygen atoms in total. The number of aryl methyl sites for hydroxylation is 3. The Morgan fingerprint density at radius 1 is 1.26 bits per heavy atom. The maximum Gasteiger partial charge on any atom is 0.331 e. The Kier molecular flexibility index (Phi) is 4.99. The molecule has 0 saturated heterocycles. The quantitative estimate of drug-likeness (QED) is 0.726. The molecule has 0 fully saturated rings. The van der Waals surface area contributed by atoms with Crippen LogP contribution in [0.5, 0.6) is 0 Å². The zero-order valence-electron chi connectivity index (χ0n) is 15.9. The summed E-state index contributed by atoms with van der Waals surface area (Å²) in [5.74, 6) is -1.34. The Morgan fingerprint density at radius 2 is 2.00 bits per heavy atom. The number of carboxylic acids is 1. The monoisotopic (exact) mass is 365 g/mol. The minimum absolute atomic E-state index is 0.134. The van der Waals surface area contributed by atoms with Crippen LogP contribution in [0.15, 0.2) is 36.7 Å². The first-order valence-electron chi connectivity index (χ1n) is 8.76. The van der Waals surface area contributed by atoms with Crippen LogP contribution < -0.4 is 0 Å². The van der Waals surface area contributed by atoms with Gasteiger partial charge in [0.15, 0.2) is 6.04 Å². The molecule has 3 rings (SSSR count). The van der Waals surface area contributed by atoms with Gasteiger partial charge < -0.3 is 15.0 Å². The lowest BCUT2D eigenvalue weighted by atomic mass is 10.0. The number of carbonyl (C=O) groups excluding carboxylic acids is 1. The van der Waals surface area contributed by atoms with Crippen LogP contribution in [0.3, 0.4) is 0 Å². The van der Waals surface area contributed by atoms with Gasteiger partial charge in [-0.2, -0.15) is 0 Å². The summed E-state index contributed by atoms with van der Waals surface area (Å²) >= 11 is 0. The van der Waals surface area contributed by atoms with Gasteiger partial charge in [-0.3, -0.25) is 9.78 Å². The van der Waals surface area contributed by atoms with E-state index in [1.54, 1.807) is 18.3 Å². The van der Waals surface area contributed by atoms with E-state index in [4.69, 9.17) is 0 Å². The Balaban J connectivity index is 1.94. The van der Waals surface area contributed by atoms with Crippen LogP contribution in [0.25, 0.3) is 10.9 Å². The van der Waals surface area contributed by atoms with Crippen molar-refractivity contribution in [2.45, 2.75) is 33.2 Å². The number of pyridine rings is 1. The maximum atomic E-state index is 12.9. The van der Waals surface area contributed by atoms with Gasteiger partial charge in [0.25, 0.3) is 0 Å². The van der Waals surface area contributed by atoms with Crippen molar-refractivity contribution >= 4 is 22.8 Å². The number of likely N-dealkylation sites (N-methyl/N-ethyl adjacent to an activating group) is 1. The largest absolute Gasteiger partial charge is 0.479 e. The number of aromatic amines is 1. The molecule has 0 spiro atoms. The average Bonchev–Trinajstić information content (AvgIpc) is 2.92. The molecule has 2 N–H and O–H groups in total. The van der Waals surface area contributed by atoms with E-state index in [1.807, 2.05) is 20.8 Å². The van der Waals surface area contributed by atoms with E-state index < -0.39 is 12.0 Å². The first-order chi connectivity index (χ1) is 12.8. The van der Waals surface area contributed by atoms with Gasteiger partial charge in [-0.15, -0.1) is 0 Å². The van der Waals surface area contributed by atoms with Gasteiger partial charge in [0.05, 0.1) is 6.42 Å². The molecule has 27 heavy (non-hydrogen) atoms. The second kappa shape index (κ2) is 7.23. The van der Waals surface area contributed by atoms with Gasteiger partial charge >= 0.3 is 5.97 Å². The van der Waals surface area contributed by atoms with Gasteiger partial charge in [0.1, 0.15) is 0 Å². The maximum absolute atomic E-state index is 12.9. The number of benzene rings is 1. The highest BCUT2D eigenvalue weighted by Crippen LogP contribution is 2.28. The van der Waals surface area contributed by atoms with Crippen molar-refractivity contribution in [3.63, 3.8) is 0 Å².